The highest BCUT2D eigenvalue weighted by Crippen LogP contribution is 2.41. The Morgan fingerprint density at radius 1 is 0.889 bits per heavy atom. The minimum Gasteiger partial charge on any atom is -0.353 e. The zero-order valence-electron chi connectivity index (χ0n) is 8.84. The van der Waals surface area contributed by atoms with E-state index >= 15 is 0 Å². The minimum absolute atomic E-state index is 0.385. The molecule has 0 aromatic heterocycles. The van der Waals surface area contributed by atoms with E-state index < -0.39 is 10.8 Å². The number of benzene rings is 2. The van der Waals surface area contributed by atoms with Crippen molar-refractivity contribution in [3.63, 3.8) is 0 Å². The summed E-state index contributed by atoms with van der Waals surface area (Å²) in [4.78, 5) is 1.26. The van der Waals surface area contributed by atoms with Crippen molar-refractivity contribution in [2.45, 2.75) is 9.79 Å². The Kier molecular flexibility index (Phi) is 3.02. The molecular weight excluding hydrogens is 313 g/mol. The van der Waals surface area contributed by atoms with Crippen LogP contribution in [0.15, 0.2) is 40.1 Å². The standard InChI is InChI=1S/C12H6Cl3NOS/c13-6-1-2-9-11(3-6)18(17)12-5-8(15)7(14)4-10(12)16-9/h1-5,16H. The summed E-state index contributed by atoms with van der Waals surface area (Å²) in [6.45, 7) is 0. The summed E-state index contributed by atoms with van der Waals surface area (Å²) in [5.74, 6) is 0. The molecule has 6 heteroatoms. The third kappa shape index (κ3) is 1.91. The van der Waals surface area contributed by atoms with Gasteiger partial charge in [-0.2, -0.15) is 0 Å². The van der Waals surface area contributed by atoms with Crippen LogP contribution < -0.4 is 5.32 Å². The van der Waals surface area contributed by atoms with Crippen LogP contribution in [0.1, 0.15) is 0 Å². The largest absolute Gasteiger partial charge is 0.353 e. The number of halogens is 3. The molecule has 1 aliphatic rings. The lowest BCUT2D eigenvalue weighted by Gasteiger charge is -2.21. The first kappa shape index (κ1) is 12.3. The van der Waals surface area contributed by atoms with Crippen LogP contribution in [-0.4, -0.2) is 4.21 Å². The molecule has 2 aromatic rings. The molecule has 0 amide bonds. The van der Waals surface area contributed by atoms with E-state index in [1.807, 2.05) is 0 Å². The smallest absolute Gasteiger partial charge is 0.0893 e. The van der Waals surface area contributed by atoms with Crippen LogP contribution in [0, 0.1) is 0 Å². The molecule has 3 rings (SSSR count). The molecule has 92 valence electrons. The van der Waals surface area contributed by atoms with Crippen molar-refractivity contribution in [3.05, 3.63) is 45.4 Å². The van der Waals surface area contributed by atoms with Gasteiger partial charge in [-0.25, -0.2) is 4.21 Å². The van der Waals surface area contributed by atoms with Gasteiger partial charge in [-0.15, -0.1) is 0 Å². The third-order valence-electron chi connectivity index (χ3n) is 2.63. The molecule has 0 saturated heterocycles. The average molecular weight is 319 g/mol. The molecule has 2 nitrogen and oxygen atoms in total. The van der Waals surface area contributed by atoms with Gasteiger partial charge >= 0.3 is 0 Å². The Morgan fingerprint density at radius 3 is 2.33 bits per heavy atom. The predicted molar refractivity (Wildman–Crippen MR) is 75.9 cm³/mol. The van der Waals surface area contributed by atoms with Crippen molar-refractivity contribution < 1.29 is 4.21 Å². The maximum absolute atomic E-state index is 12.4. The highest BCUT2D eigenvalue weighted by Gasteiger charge is 2.23. The van der Waals surface area contributed by atoms with Gasteiger partial charge in [-0.1, -0.05) is 34.8 Å². The van der Waals surface area contributed by atoms with Gasteiger partial charge in [0.25, 0.3) is 0 Å². The van der Waals surface area contributed by atoms with E-state index in [0.29, 0.717) is 30.5 Å². The summed E-state index contributed by atoms with van der Waals surface area (Å²) in [6, 6.07) is 8.51. The Balaban J connectivity index is 2.22. The molecule has 1 N–H and O–H groups in total. The number of hydrogen-bond acceptors (Lipinski definition) is 2. The maximum Gasteiger partial charge on any atom is 0.0893 e. The summed E-state index contributed by atoms with van der Waals surface area (Å²) in [6.07, 6.45) is 0. The first-order valence-corrected chi connectivity index (χ1v) is 7.32. The summed E-state index contributed by atoms with van der Waals surface area (Å²) in [5, 5.41) is 4.53. The topological polar surface area (TPSA) is 29.1 Å². The monoisotopic (exact) mass is 317 g/mol. The fraction of sp³-hybridized carbons (Fsp3) is 0. The molecule has 1 heterocycles. The zero-order chi connectivity index (χ0) is 12.9. The molecule has 0 fully saturated rings. The fourth-order valence-electron chi connectivity index (χ4n) is 1.80. The second-order valence-electron chi connectivity index (χ2n) is 3.80. The first-order valence-electron chi connectivity index (χ1n) is 5.03. The maximum atomic E-state index is 12.4. The predicted octanol–water partition coefficient (Wildman–Crippen LogP) is 4.87. The Labute approximate surface area is 121 Å². The molecule has 18 heavy (non-hydrogen) atoms. The van der Waals surface area contributed by atoms with Crippen molar-refractivity contribution in [1.82, 2.24) is 0 Å². The van der Waals surface area contributed by atoms with Gasteiger partial charge in [0, 0.05) is 5.02 Å². The van der Waals surface area contributed by atoms with E-state index in [1.54, 1.807) is 30.3 Å². The minimum atomic E-state index is -1.31. The van der Waals surface area contributed by atoms with Gasteiger partial charge in [-0.05, 0) is 30.3 Å². The van der Waals surface area contributed by atoms with E-state index in [1.165, 1.54) is 0 Å². The summed E-state index contributed by atoms with van der Waals surface area (Å²) in [7, 11) is -1.31. The van der Waals surface area contributed by atoms with Gasteiger partial charge in [0.2, 0.25) is 0 Å². The van der Waals surface area contributed by atoms with Crippen molar-refractivity contribution in [1.29, 1.82) is 0 Å². The molecular formula is C12H6Cl3NOS. The molecule has 0 bridgehead atoms. The SMILES string of the molecule is O=S1c2cc(Cl)ccc2Nc2cc(Cl)c(Cl)cc21. The summed E-state index contributed by atoms with van der Waals surface area (Å²) >= 11 is 17.8. The molecule has 0 saturated carbocycles. The van der Waals surface area contributed by atoms with E-state index in [2.05, 4.69) is 5.32 Å². The number of nitrogens with one attached hydrogen (secondary N) is 1. The Bertz CT molecular complexity index is 687. The second-order valence-corrected chi connectivity index (χ2v) is 6.46. The van der Waals surface area contributed by atoms with Crippen LogP contribution in [0.4, 0.5) is 11.4 Å². The number of fused-ring (bicyclic) bond motifs is 2. The molecule has 1 unspecified atom stereocenters. The highest BCUT2D eigenvalue weighted by atomic mass is 35.5. The van der Waals surface area contributed by atoms with Gasteiger partial charge in [0.1, 0.15) is 0 Å². The number of anilines is 2. The number of hydrogen-bond donors (Lipinski definition) is 1. The van der Waals surface area contributed by atoms with E-state index in [4.69, 9.17) is 34.8 Å². The van der Waals surface area contributed by atoms with Gasteiger partial charge in [-0.3, -0.25) is 0 Å². The number of rotatable bonds is 0. The van der Waals surface area contributed by atoms with E-state index in [0.717, 1.165) is 5.69 Å². The molecule has 0 radical (unpaired) electrons. The van der Waals surface area contributed by atoms with Crippen molar-refractivity contribution in [3.8, 4) is 0 Å². The molecule has 0 aliphatic carbocycles. The lowest BCUT2D eigenvalue weighted by Crippen LogP contribution is -2.08. The lowest BCUT2D eigenvalue weighted by atomic mass is 10.2. The lowest BCUT2D eigenvalue weighted by molar-refractivity contribution is 0.683. The Morgan fingerprint density at radius 2 is 1.56 bits per heavy atom. The molecule has 1 atom stereocenters. The average Bonchev–Trinajstić information content (AvgIpc) is 2.33. The van der Waals surface area contributed by atoms with Crippen molar-refractivity contribution in [2.75, 3.05) is 5.32 Å². The van der Waals surface area contributed by atoms with Crippen LogP contribution >= 0.6 is 34.8 Å². The van der Waals surface area contributed by atoms with Gasteiger partial charge < -0.3 is 5.32 Å². The first-order chi connectivity index (χ1) is 8.56. The summed E-state index contributed by atoms with van der Waals surface area (Å²) in [5.41, 5.74) is 1.47. The van der Waals surface area contributed by atoms with Crippen LogP contribution in [0.2, 0.25) is 15.1 Å². The molecule has 1 aliphatic heterocycles. The van der Waals surface area contributed by atoms with Gasteiger partial charge in [0.15, 0.2) is 0 Å². The third-order valence-corrected chi connectivity index (χ3v) is 5.07. The zero-order valence-corrected chi connectivity index (χ0v) is 11.9. The van der Waals surface area contributed by atoms with Crippen LogP contribution in [0.3, 0.4) is 0 Å². The normalized spacial score (nSPS) is 16.7. The van der Waals surface area contributed by atoms with Crippen LogP contribution in [0.25, 0.3) is 0 Å². The van der Waals surface area contributed by atoms with E-state index in [-0.39, 0.29) is 0 Å². The fourth-order valence-corrected chi connectivity index (χ4v) is 3.75. The molecule has 0 spiro atoms. The quantitative estimate of drug-likeness (QED) is 0.640. The summed E-state index contributed by atoms with van der Waals surface area (Å²) < 4.78 is 12.4. The van der Waals surface area contributed by atoms with Crippen LogP contribution in [0.5, 0.6) is 0 Å². The van der Waals surface area contributed by atoms with Crippen molar-refractivity contribution >= 4 is 57.0 Å². The van der Waals surface area contributed by atoms with Crippen LogP contribution in [-0.2, 0) is 10.8 Å². The molecule has 2 aromatic carbocycles. The second kappa shape index (κ2) is 4.42. The Hall–Kier alpha value is -0.740. The highest BCUT2D eigenvalue weighted by molar-refractivity contribution is 7.85. The van der Waals surface area contributed by atoms with Gasteiger partial charge in [0.05, 0.1) is 42.0 Å². The van der Waals surface area contributed by atoms with Crippen molar-refractivity contribution in [2.24, 2.45) is 0 Å². The van der Waals surface area contributed by atoms with E-state index in [9.17, 15) is 4.21 Å².